The maximum Gasteiger partial charge on any atom is 0.229 e. The first-order valence-corrected chi connectivity index (χ1v) is 11.5. The maximum absolute atomic E-state index is 13.5. The number of nitrogens with zero attached hydrogens (tertiary/aromatic N) is 3. The topological polar surface area (TPSA) is 36.4 Å². The van der Waals surface area contributed by atoms with Gasteiger partial charge >= 0.3 is 0 Å². The van der Waals surface area contributed by atoms with Crippen molar-refractivity contribution in [2.45, 2.75) is 52.1 Å². The lowest BCUT2D eigenvalue weighted by atomic mass is 9.75. The molecule has 1 unspecified atom stereocenters. The summed E-state index contributed by atoms with van der Waals surface area (Å²) in [6.07, 6.45) is 3.57. The number of aromatic nitrogens is 1. The third-order valence-corrected chi connectivity index (χ3v) is 7.05. The molecule has 1 atom stereocenters. The van der Waals surface area contributed by atoms with Gasteiger partial charge in [-0.2, -0.15) is 0 Å². The molecule has 3 heterocycles. The van der Waals surface area contributed by atoms with Crippen molar-refractivity contribution in [2.75, 3.05) is 19.6 Å². The fourth-order valence-corrected chi connectivity index (χ4v) is 5.47. The Morgan fingerprint density at radius 3 is 2.59 bits per heavy atom. The van der Waals surface area contributed by atoms with Gasteiger partial charge < -0.3 is 4.90 Å². The largest absolute Gasteiger partial charge is 0.339 e. The van der Waals surface area contributed by atoms with Crippen LogP contribution in [0.15, 0.2) is 35.2 Å². The molecule has 2 aromatic rings. The second-order valence-electron chi connectivity index (χ2n) is 9.08. The van der Waals surface area contributed by atoms with Crippen LogP contribution in [0.1, 0.15) is 44.4 Å². The second-order valence-corrected chi connectivity index (χ2v) is 9.79. The van der Waals surface area contributed by atoms with Gasteiger partial charge in [-0.3, -0.25) is 9.69 Å². The molecule has 2 fully saturated rings. The Morgan fingerprint density at radius 1 is 1.24 bits per heavy atom. The Balaban J connectivity index is 1.46. The summed E-state index contributed by atoms with van der Waals surface area (Å²) >= 11 is 1.63. The summed E-state index contributed by atoms with van der Waals surface area (Å²) in [7, 11) is 0. The molecule has 156 valence electrons. The summed E-state index contributed by atoms with van der Waals surface area (Å²) in [6.45, 7) is 7.91. The molecule has 0 saturated carbocycles. The van der Waals surface area contributed by atoms with E-state index in [0.717, 1.165) is 63.1 Å². The molecule has 29 heavy (non-hydrogen) atoms. The Labute approximate surface area is 176 Å². The average Bonchev–Trinajstić information content (AvgIpc) is 3.28. The van der Waals surface area contributed by atoms with Gasteiger partial charge in [0.1, 0.15) is 5.82 Å². The number of benzene rings is 1. The Morgan fingerprint density at radius 2 is 1.97 bits per heavy atom. The minimum absolute atomic E-state index is 0.209. The molecule has 2 aliphatic rings. The highest BCUT2D eigenvalue weighted by Crippen LogP contribution is 2.45. The van der Waals surface area contributed by atoms with E-state index in [1.165, 1.54) is 12.1 Å². The highest BCUT2D eigenvalue weighted by atomic mass is 32.1. The molecule has 2 aliphatic heterocycles. The van der Waals surface area contributed by atoms with E-state index in [0.29, 0.717) is 11.8 Å². The SMILES string of the molecule is CC(C)CN1C(=O)C2(CCN(Cc3cscn3)CC2)CC1Cc1ccc(F)cc1. The number of amides is 1. The molecule has 2 saturated heterocycles. The van der Waals surface area contributed by atoms with Gasteiger partial charge in [0.25, 0.3) is 0 Å². The number of hydrogen-bond donors (Lipinski definition) is 0. The van der Waals surface area contributed by atoms with Crippen molar-refractivity contribution in [1.82, 2.24) is 14.8 Å². The first-order chi connectivity index (χ1) is 13.9. The number of rotatable bonds is 6. The predicted octanol–water partition coefficient (Wildman–Crippen LogP) is 4.36. The predicted molar refractivity (Wildman–Crippen MR) is 114 cm³/mol. The molecule has 0 radical (unpaired) electrons. The quantitative estimate of drug-likeness (QED) is 0.703. The van der Waals surface area contributed by atoms with Crippen LogP contribution in [0.5, 0.6) is 0 Å². The lowest BCUT2D eigenvalue weighted by Crippen LogP contribution is -2.45. The minimum Gasteiger partial charge on any atom is -0.339 e. The van der Waals surface area contributed by atoms with E-state index >= 15 is 0 Å². The molecule has 0 bridgehead atoms. The number of halogens is 1. The Kier molecular flexibility index (Phi) is 6.02. The molecule has 1 amide bonds. The van der Waals surface area contributed by atoms with Gasteiger partial charge in [-0.15, -0.1) is 11.3 Å². The zero-order valence-corrected chi connectivity index (χ0v) is 18.1. The fourth-order valence-electron chi connectivity index (χ4n) is 4.92. The Hall–Kier alpha value is -1.79. The number of hydrogen-bond acceptors (Lipinski definition) is 4. The highest BCUT2D eigenvalue weighted by Gasteiger charge is 2.52. The van der Waals surface area contributed by atoms with Crippen molar-refractivity contribution >= 4 is 17.2 Å². The van der Waals surface area contributed by atoms with Crippen molar-refractivity contribution in [3.63, 3.8) is 0 Å². The van der Waals surface area contributed by atoms with Gasteiger partial charge in [-0.05, 0) is 62.4 Å². The van der Waals surface area contributed by atoms with Gasteiger partial charge in [0.2, 0.25) is 5.91 Å². The van der Waals surface area contributed by atoms with Gasteiger partial charge in [0.15, 0.2) is 0 Å². The first kappa shape index (κ1) is 20.5. The van der Waals surface area contributed by atoms with Gasteiger partial charge in [-0.1, -0.05) is 26.0 Å². The van der Waals surface area contributed by atoms with Crippen molar-refractivity contribution in [3.05, 3.63) is 52.2 Å². The van der Waals surface area contributed by atoms with E-state index in [1.54, 1.807) is 11.3 Å². The summed E-state index contributed by atoms with van der Waals surface area (Å²) in [5.74, 6) is 0.570. The van der Waals surface area contributed by atoms with E-state index in [9.17, 15) is 9.18 Å². The Bertz CT molecular complexity index is 813. The molecule has 1 spiro atoms. The molecule has 0 aliphatic carbocycles. The minimum atomic E-state index is -0.224. The fraction of sp³-hybridized carbons (Fsp3) is 0.565. The van der Waals surface area contributed by atoms with Crippen LogP contribution in [0, 0.1) is 17.2 Å². The monoisotopic (exact) mass is 415 g/mol. The summed E-state index contributed by atoms with van der Waals surface area (Å²) in [6, 6.07) is 6.96. The standard InChI is InChI=1S/C23H30FN3OS/c1-17(2)13-27-21(11-18-3-5-19(24)6-4-18)12-23(22(27)28)7-9-26(10-8-23)14-20-15-29-16-25-20/h3-6,15-17,21H,7-14H2,1-2H3. The van der Waals surface area contributed by atoms with Crippen molar-refractivity contribution in [1.29, 1.82) is 0 Å². The van der Waals surface area contributed by atoms with Crippen LogP contribution in [-0.2, 0) is 17.8 Å². The molecular formula is C23H30FN3OS. The van der Waals surface area contributed by atoms with Crippen LogP contribution in [0.2, 0.25) is 0 Å². The molecule has 0 N–H and O–H groups in total. The molecule has 1 aromatic carbocycles. The van der Waals surface area contributed by atoms with Crippen LogP contribution < -0.4 is 0 Å². The van der Waals surface area contributed by atoms with Crippen molar-refractivity contribution in [2.24, 2.45) is 11.3 Å². The third-order valence-electron chi connectivity index (χ3n) is 6.41. The second kappa shape index (κ2) is 8.52. The molecule has 6 heteroatoms. The lowest BCUT2D eigenvalue weighted by molar-refractivity contribution is -0.139. The van der Waals surface area contributed by atoms with E-state index < -0.39 is 0 Å². The van der Waals surface area contributed by atoms with Crippen LogP contribution in [0.25, 0.3) is 0 Å². The van der Waals surface area contributed by atoms with Gasteiger partial charge in [0.05, 0.1) is 16.6 Å². The van der Waals surface area contributed by atoms with Crippen LogP contribution >= 0.6 is 11.3 Å². The van der Waals surface area contributed by atoms with Crippen molar-refractivity contribution < 1.29 is 9.18 Å². The normalized spacial score (nSPS) is 22.1. The van der Waals surface area contributed by atoms with E-state index in [-0.39, 0.29) is 17.3 Å². The summed E-state index contributed by atoms with van der Waals surface area (Å²) < 4.78 is 13.3. The average molecular weight is 416 g/mol. The molecule has 4 nitrogen and oxygen atoms in total. The number of carbonyl (C=O) groups is 1. The number of piperidine rings is 1. The summed E-state index contributed by atoms with van der Waals surface area (Å²) in [5.41, 5.74) is 3.89. The smallest absolute Gasteiger partial charge is 0.229 e. The zero-order valence-electron chi connectivity index (χ0n) is 17.3. The number of thiazole rings is 1. The summed E-state index contributed by atoms with van der Waals surface area (Å²) in [5, 5.41) is 2.11. The van der Waals surface area contributed by atoms with Crippen LogP contribution in [0.4, 0.5) is 4.39 Å². The third kappa shape index (κ3) is 4.53. The maximum atomic E-state index is 13.5. The van der Waals surface area contributed by atoms with E-state index in [2.05, 4.69) is 34.0 Å². The highest BCUT2D eigenvalue weighted by molar-refractivity contribution is 7.07. The van der Waals surface area contributed by atoms with Gasteiger partial charge in [0, 0.05) is 24.5 Å². The van der Waals surface area contributed by atoms with Crippen molar-refractivity contribution in [3.8, 4) is 0 Å². The molecule has 4 rings (SSSR count). The summed E-state index contributed by atoms with van der Waals surface area (Å²) in [4.78, 5) is 22.5. The number of carbonyl (C=O) groups excluding carboxylic acids is 1. The van der Waals surface area contributed by atoms with Gasteiger partial charge in [-0.25, -0.2) is 9.37 Å². The van der Waals surface area contributed by atoms with E-state index in [4.69, 9.17) is 0 Å². The first-order valence-electron chi connectivity index (χ1n) is 10.6. The molecule has 1 aromatic heterocycles. The number of likely N-dealkylation sites (tertiary alicyclic amines) is 2. The molecular weight excluding hydrogens is 385 g/mol. The lowest BCUT2D eigenvalue weighted by Gasteiger charge is -2.37. The van der Waals surface area contributed by atoms with Crippen LogP contribution in [-0.4, -0.2) is 46.4 Å². The van der Waals surface area contributed by atoms with Crippen LogP contribution in [0.3, 0.4) is 0 Å². The van der Waals surface area contributed by atoms with E-state index in [1.807, 2.05) is 17.6 Å². The zero-order chi connectivity index (χ0) is 20.4.